The molecule has 0 aliphatic heterocycles. The lowest BCUT2D eigenvalue weighted by Crippen LogP contribution is -2.19. The molecule has 1 atom stereocenters. The van der Waals surface area contributed by atoms with E-state index in [1.807, 2.05) is 37.3 Å². The van der Waals surface area contributed by atoms with E-state index in [-0.39, 0.29) is 11.9 Å². The van der Waals surface area contributed by atoms with Gasteiger partial charge in [0, 0.05) is 27.3 Å². The van der Waals surface area contributed by atoms with Crippen LogP contribution in [0.2, 0.25) is 5.02 Å². The first kappa shape index (κ1) is 15.4. The van der Waals surface area contributed by atoms with Gasteiger partial charge in [0.05, 0.1) is 0 Å². The second-order valence-electron chi connectivity index (χ2n) is 4.81. The Morgan fingerprint density at radius 1 is 1.20 bits per heavy atom. The first-order valence-electron chi connectivity index (χ1n) is 6.46. The third-order valence-electron chi connectivity index (χ3n) is 2.91. The zero-order valence-corrected chi connectivity index (χ0v) is 12.8. The van der Waals surface area contributed by atoms with Crippen LogP contribution in [0.4, 0.5) is 4.39 Å². The van der Waals surface area contributed by atoms with E-state index < -0.39 is 0 Å². The minimum absolute atomic E-state index is 0.0539. The highest BCUT2D eigenvalue weighted by molar-refractivity contribution is 7.98. The van der Waals surface area contributed by atoms with Gasteiger partial charge in [0.25, 0.3) is 0 Å². The molecule has 0 aliphatic carbocycles. The van der Waals surface area contributed by atoms with E-state index in [4.69, 9.17) is 17.3 Å². The van der Waals surface area contributed by atoms with Crippen LogP contribution in [-0.4, -0.2) is 6.04 Å². The van der Waals surface area contributed by atoms with E-state index in [0.717, 1.165) is 21.2 Å². The summed E-state index contributed by atoms with van der Waals surface area (Å²) in [6.07, 6.45) is 0.551. The van der Waals surface area contributed by atoms with Crippen LogP contribution in [0.15, 0.2) is 47.4 Å². The van der Waals surface area contributed by atoms with Crippen LogP contribution in [0.1, 0.15) is 18.1 Å². The molecule has 4 heteroatoms. The van der Waals surface area contributed by atoms with Crippen LogP contribution in [-0.2, 0) is 12.2 Å². The molecule has 0 saturated carbocycles. The minimum Gasteiger partial charge on any atom is -0.328 e. The van der Waals surface area contributed by atoms with Crippen molar-refractivity contribution in [1.82, 2.24) is 0 Å². The van der Waals surface area contributed by atoms with E-state index in [1.54, 1.807) is 17.8 Å². The van der Waals surface area contributed by atoms with Gasteiger partial charge in [-0.3, -0.25) is 0 Å². The molecule has 20 heavy (non-hydrogen) atoms. The highest BCUT2D eigenvalue weighted by Gasteiger charge is 2.11. The number of rotatable bonds is 5. The van der Waals surface area contributed by atoms with Crippen molar-refractivity contribution < 1.29 is 4.39 Å². The highest BCUT2D eigenvalue weighted by atomic mass is 35.5. The van der Waals surface area contributed by atoms with Gasteiger partial charge in [-0.2, -0.15) is 0 Å². The molecule has 106 valence electrons. The maximum absolute atomic E-state index is 13.9. The lowest BCUT2D eigenvalue weighted by molar-refractivity contribution is 0.588. The first-order chi connectivity index (χ1) is 9.56. The topological polar surface area (TPSA) is 26.0 Å². The summed E-state index contributed by atoms with van der Waals surface area (Å²) in [7, 11) is 0. The smallest absolute Gasteiger partial charge is 0.127 e. The predicted octanol–water partition coefficient (Wildman–Crippen LogP) is 4.66. The first-order valence-corrected chi connectivity index (χ1v) is 7.83. The summed E-state index contributed by atoms with van der Waals surface area (Å²) in [5.41, 5.74) is 7.67. The normalized spacial score (nSPS) is 12.4. The lowest BCUT2D eigenvalue weighted by atomic mass is 10.1. The van der Waals surface area contributed by atoms with Gasteiger partial charge in [0.2, 0.25) is 0 Å². The molecule has 2 rings (SSSR count). The van der Waals surface area contributed by atoms with E-state index in [1.165, 1.54) is 6.07 Å². The molecular weight excluding hydrogens is 293 g/mol. The van der Waals surface area contributed by atoms with E-state index in [9.17, 15) is 4.39 Å². The van der Waals surface area contributed by atoms with Crippen LogP contribution in [0.5, 0.6) is 0 Å². The number of halogens is 2. The van der Waals surface area contributed by atoms with Gasteiger partial charge in [0.1, 0.15) is 5.82 Å². The van der Waals surface area contributed by atoms with Crippen LogP contribution >= 0.6 is 23.4 Å². The zero-order valence-electron chi connectivity index (χ0n) is 11.3. The molecule has 0 radical (unpaired) electrons. The average molecular weight is 310 g/mol. The summed E-state index contributed by atoms with van der Waals surface area (Å²) >= 11 is 7.49. The van der Waals surface area contributed by atoms with Crippen molar-refractivity contribution in [3.8, 4) is 0 Å². The Labute approximate surface area is 128 Å². The third-order valence-corrected chi connectivity index (χ3v) is 4.33. The fourth-order valence-corrected chi connectivity index (χ4v) is 3.11. The molecule has 0 aromatic heterocycles. The molecule has 0 amide bonds. The Morgan fingerprint density at radius 2 is 1.90 bits per heavy atom. The quantitative estimate of drug-likeness (QED) is 0.813. The van der Waals surface area contributed by atoms with Gasteiger partial charge in [-0.25, -0.2) is 4.39 Å². The Bertz CT molecular complexity index is 569. The molecular formula is C16H17ClFNS. The van der Waals surface area contributed by atoms with E-state index >= 15 is 0 Å². The molecule has 0 saturated heterocycles. The highest BCUT2D eigenvalue weighted by Crippen LogP contribution is 2.29. The summed E-state index contributed by atoms with van der Waals surface area (Å²) in [5.74, 6) is 0.607. The molecule has 0 fully saturated rings. The SMILES string of the molecule is CC(N)Cc1c(F)cccc1SCc1ccc(Cl)cc1. The fourth-order valence-electron chi connectivity index (χ4n) is 1.94. The summed E-state index contributed by atoms with van der Waals surface area (Å²) in [4.78, 5) is 0.956. The van der Waals surface area contributed by atoms with Gasteiger partial charge < -0.3 is 5.73 Å². The summed E-state index contributed by atoms with van der Waals surface area (Å²) in [6, 6.07) is 12.8. The molecule has 0 heterocycles. The Morgan fingerprint density at radius 3 is 2.55 bits per heavy atom. The molecule has 1 unspecified atom stereocenters. The number of nitrogens with two attached hydrogens (primary N) is 1. The fraction of sp³-hybridized carbons (Fsp3) is 0.250. The molecule has 0 spiro atoms. The molecule has 2 aromatic carbocycles. The van der Waals surface area contributed by atoms with Crippen LogP contribution in [0.3, 0.4) is 0 Å². The van der Waals surface area contributed by atoms with Gasteiger partial charge >= 0.3 is 0 Å². The molecule has 2 aromatic rings. The minimum atomic E-state index is -0.177. The van der Waals surface area contributed by atoms with Crippen molar-refractivity contribution in [1.29, 1.82) is 0 Å². The Hall–Kier alpha value is -1.03. The molecule has 2 N–H and O–H groups in total. The van der Waals surface area contributed by atoms with Gasteiger partial charge in [-0.1, -0.05) is 29.8 Å². The largest absolute Gasteiger partial charge is 0.328 e. The van der Waals surface area contributed by atoms with Crippen LogP contribution in [0, 0.1) is 5.82 Å². The lowest BCUT2D eigenvalue weighted by Gasteiger charge is -2.12. The summed E-state index contributed by atoms with van der Waals surface area (Å²) in [5, 5.41) is 0.724. The van der Waals surface area contributed by atoms with Gasteiger partial charge in [-0.05, 0) is 43.2 Å². The van der Waals surface area contributed by atoms with Crippen molar-refractivity contribution in [3.63, 3.8) is 0 Å². The maximum atomic E-state index is 13.9. The number of benzene rings is 2. The number of hydrogen-bond donors (Lipinski definition) is 1. The molecule has 1 nitrogen and oxygen atoms in total. The van der Waals surface area contributed by atoms with E-state index in [0.29, 0.717) is 12.0 Å². The molecule has 0 bridgehead atoms. The van der Waals surface area contributed by atoms with Crippen molar-refractivity contribution in [2.45, 2.75) is 30.0 Å². The van der Waals surface area contributed by atoms with Gasteiger partial charge in [-0.15, -0.1) is 11.8 Å². The monoisotopic (exact) mass is 309 g/mol. The van der Waals surface area contributed by atoms with E-state index in [2.05, 4.69) is 0 Å². The molecule has 0 aliphatic rings. The third kappa shape index (κ3) is 4.23. The summed E-state index contributed by atoms with van der Waals surface area (Å²) in [6.45, 7) is 1.89. The van der Waals surface area contributed by atoms with Crippen molar-refractivity contribution in [3.05, 3.63) is 64.4 Å². The Balaban J connectivity index is 2.12. The van der Waals surface area contributed by atoms with Crippen molar-refractivity contribution >= 4 is 23.4 Å². The number of thioether (sulfide) groups is 1. The second kappa shape index (κ2) is 7.11. The second-order valence-corrected chi connectivity index (χ2v) is 6.27. The summed E-state index contributed by atoms with van der Waals surface area (Å²) < 4.78 is 13.9. The standard InChI is InChI=1S/C16H17ClFNS/c1-11(19)9-14-15(18)3-2-4-16(14)20-10-12-5-7-13(17)8-6-12/h2-8,11H,9-10,19H2,1H3. The van der Waals surface area contributed by atoms with Crippen LogP contribution in [0.25, 0.3) is 0 Å². The number of hydrogen-bond acceptors (Lipinski definition) is 2. The van der Waals surface area contributed by atoms with Crippen LogP contribution < -0.4 is 5.73 Å². The van der Waals surface area contributed by atoms with Crippen molar-refractivity contribution in [2.75, 3.05) is 0 Å². The zero-order chi connectivity index (χ0) is 14.5. The average Bonchev–Trinajstić information content (AvgIpc) is 2.41. The van der Waals surface area contributed by atoms with Gasteiger partial charge in [0.15, 0.2) is 0 Å². The van der Waals surface area contributed by atoms with Crippen molar-refractivity contribution in [2.24, 2.45) is 5.73 Å². The Kier molecular flexibility index (Phi) is 5.46. The predicted molar refractivity (Wildman–Crippen MR) is 84.8 cm³/mol. The maximum Gasteiger partial charge on any atom is 0.127 e.